The van der Waals surface area contributed by atoms with Crippen molar-refractivity contribution in [3.8, 4) is 5.75 Å². The van der Waals surface area contributed by atoms with Crippen LogP contribution in [0.15, 0.2) is 24.3 Å². The highest BCUT2D eigenvalue weighted by molar-refractivity contribution is 6.30. The minimum atomic E-state index is 0.166. The Morgan fingerprint density at radius 3 is 2.82 bits per heavy atom. The van der Waals surface area contributed by atoms with E-state index in [9.17, 15) is 0 Å². The van der Waals surface area contributed by atoms with Gasteiger partial charge in [-0.25, -0.2) is 0 Å². The lowest BCUT2D eigenvalue weighted by Gasteiger charge is -2.24. The van der Waals surface area contributed by atoms with Gasteiger partial charge in [0.25, 0.3) is 0 Å². The molecule has 0 heterocycles. The van der Waals surface area contributed by atoms with Crippen LogP contribution in [-0.4, -0.2) is 19.2 Å². The summed E-state index contributed by atoms with van der Waals surface area (Å²) in [4.78, 5) is 0. The fourth-order valence-corrected chi connectivity index (χ4v) is 2.27. The van der Waals surface area contributed by atoms with Crippen molar-refractivity contribution in [2.75, 3.05) is 7.05 Å². The van der Waals surface area contributed by atoms with Crippen molar-refractivity contribution in [1.82, 2.24) is 5.32 Å². The highest BCUT2D eigenvalue weighted by Gasteiger charge is 2.28. The topological polar surface area (TPSA) is 21.3 Å². The van der Waals surface area contributed by atoms with E-state index in [0.717, 1.165) is 16.7 Å². The number of nitrogens with one attached hydrogen (secondary N) is 1. The summed E-state index contributed by atoms with van der Waals surface area (Å²) in [5.74, 6) is 1.75. The van der Waals surface area contributed by atoms with Crippen LogP contribution in [0.25, 0.3) is 0 Å². The molecule has 1 aromatic carbocycles. The molecule has 94 valence electrons. The Morgan fingerprint density at radius 2 is 2.24 bits per heavy atom. The van der Waals surface area contributed by atoms with Gasteiger partial charge >= 0.3 is 0 Å². The molecular weight excluding hydrogens is 234 g/mol. The molecule has 17 heavy (non-hydrogen) atoms. The molecule has 0 radical (unpaired) electrons. The van der Waals surface area contributed by atoms with Gasteiger partial charge in [-0.15, -0.1) is 0 Å². The Morgan fingerprint density at radius 1 is 1.47 bits per heavy atom. The van der Waals surface area contributed by atoms with Gasteiger partial charge in [-0.05, 0) is 44.5 Å². The van der Waals surface area contributed by atoms with E-state index in [2.05, 4.69) is 12.2 Å². The third-order valence-corrected chi connectivity index (χ3v) is 3.57. The van der Waals surface area contributed by atoms with Crippen LogP contribution in [0.5, 0.6) is 5.75 Å². The number of ether oxygens (including phenoxy) is 1. The SMILES string of the molecule is CNC(CC1CC1)C(C)Oc1cccc(Cl)c1. The first-order chi connectivity index (χ1) is 8.19. The normalized spacial score (nSPS) is 18.8. The largest absolute Gasteiger partial charge is 0.489 e. The zero-order valence-electron chi connectivity index (χ0n) is 10.4. The van der Waals surface area contributed by atoms with Crippen LogP contribution in [0, 0.1) is 5.92 Å². The van der Waals surface area contributed by atoms with Crippen molar-refractivity contribution in [3.63, 3.8) is 0 Å². The second-order valence-electron chi connectivity index (χ2n) is 4.85. The standard InChI is InChI=1S/C14H20ClNO/c1-10(14(16-2)8-11-6-7-11)17-13-5-3-4-12(15)9-13/h3-5,9-11,14,16H,6-8H2,1-2H3. The number of hydrogen-bond acceptors (Lipinski definition) is 2. The lowest BCUT2D eigenvalue weighted by molar-refractivity contribution is 0.166. The van der Waals surface area contributed by atoms with Crippen molar-refractivity contribution in [1.29, 1.82) is 0 Å². The van der Waals surface area contributed by atoms with E-state index in [1.807, 2.05) is 31.3 Å². The molecule has 3 heteroatoms. The number of hydrogen-bond donors (Lipinski definition) is 1. The van der Waals surface area contributed by atoms with Crippen molar-refractivity contribution in [2.45, 2.75) is 38.3 Å². The van der Waals surface area contributed by atoms with Crippen LogP contribution >= 0.6 is 11.6 Å². The van der Waals surface area contributed by atoms with E-state index in [1.165, 1.54) is 19.3 Å². The maximum atomic E-state index is 5.94. The molecule has 2 atom stereocenters. The molecule has 0 amide bonds. The third kappa shape index (κ3) is 3.90. The van der Waals surface area contributed by atoms with E-state index < -0.39 is 0 Å². The van der Waals surface area contributed by atoms with E-state index in [1.54, 1.807) is 0 Å². The third-order valence-electron chi connectivity index (χ3n) is 3.34. The average Bonchev–Trinajstić information content (AvgIpc) is 3.09. The molecule has 2 unspecified atom stereocenters. The Kier molecular flexibility index (Phi) is 4.30. The summed E-state index contributed by atoms with van der Waals surface area (Å²) in [5.41, 5.74) is 0. The Labute approximate surface area is 108 Å². The van der Waals surface area contributed by atoms with Crippen LogP contribution < -0.4 is 10.1 Å². The zero-order chi connectivity index (χ0) is 12.3. The van der Waals surface area contributed by atoms with Crippen molar-refractivity contribution in [2.24, 2.45) is 5.92 Å². The van der Waals surface area contributed by atoms with Gasteiger partial charge in [0, 0.05) is 11.1 Å². The molecule has 2 nitrogen and oxygen atoms in total. The summed E-state index contributed by atoms with van der Waals surface area (Å²) in [7, 11) is 2.00. The van der Waals surface area contributed by atoms with Gasteiger partial charge in [0.1, 0.15) is 11.9 Å². The smallest absolute Gasteiger partial charge is 0.121 e. The highest BCUT2D eigenvalue weighted by atomic mass is 35.5. The molecular formula is C14H20ClNO. The van der Waals surface area contributed by atoms with E-state index in [4.69, 9.17) is 16.3 Å². The predicted octanol–water partition coefficient (Wildman–Crippen LogP) is 3.50. The molecule has 1 fully saturated rings. The molecule has 1 saturated carbocycles. The molecule has 2 rings (SSSR count). The lowest BCUT2D eigenvalue weighted by atomic mass is 10.1. The van der Waals surface area contributed by atoms with Gasteiger partial charge < -0.3 is 10.1 Å². The van der Waals surface area contributed by atoms with Crippen LogP contribution in [0.1, 0.15) is 26.2 Å². The molecule has 0 aromatic heterocycles. The van der Waals surface area contributed by atoms with Crippen molar-refractivity contribution in [3.05, 3.63) is 29.3 Å². The van der Waals surface area contributed by atoms with Gasteiger partial charge in [0.05, 0.1) is 0 Å². The Bertz CT molecular complexity index is 365. The minimum absolute atomic E-state index is 0.166. The summed E-state index contributed by atoms with van der Waals surface area (Å²) < 4.78 is 5.93. The van der Waals surface area contributed by atoms with Crippen LogP contribution in [-0.2, 0) is 0 Å². The van der Waals surface area contributed by atoms with Crippen molar-refractivity contribution < 1.29 is 4.74 Å². The van der Waals surface area contributed by atoms with Gasteiger partial charge in [-0.3, -0.25) is 0 Å². The quantitative estimate of drug-likeness (QED) is 0.838. The monoisotopic (exact) mass is 253 g/mol. The molecule has 1 aliphatic carbocycles. The first kappa shape index (κ1) is 12.7. The van der Waals surface area contributed by atoms with Crippen LogP contribution in [0.4, 0.5) is 0 Å². The molecule has 1 N–H and O–H groups in total. The highest BCUT2D eigenvalue weighted by Crippen LogP contribution is 2.34. The summed E-state index contributed by atoms with van der Waals surface area (Å²) >= 11 is 5.94. The summed E-state index contributed by atoms with van der Waals surface area (Å²) in [6.07, 6.45) is 4.13. The van der Waals surface area contributed by atoms with Crippen molar-refractivity contribution >= 4 is 11.6 Å². The van der Waals surface area contributed by atoms with Crippen LogP contribution in [0.3, 0.4) is 0 Å². The van der Waals surface area contributed by atoms with E-state index in [0.29, 0.717) is 6.04 Å². The first-order valence-corrected chi connectivity index (χ1v) is 6.66. The molecule has 0 saturated heterocycles. The maximum Gasteiger partial charge on any atom is 0.121 e. The van der Waals surface area contributed by atoms with Gasteiger partial charge in [-0.2, -0.15) is 0 Å². The summed E-state index contributed by atoms with van der Waals surface area (Å²) in [5, 5.41) is 4.07. The number of benzene rings is 1. The maximum absolute atomic E-state index is 5.94. The van der Waals surface area contributed by atoms with E-state index >= 15 is 0 Å². The average molecular weight is 254 g/mol. The van der Waals surface area contributed by atoms with Crippen LogP contribution in [0.2, 0.25) is 5.02 Å². The number of halogens is 1. The fraction of sp³-hybridized carbons (Fsp3) is 0.571. The van der Waals surface area contributed by atoms with Gasteiger partial charge in [0.2, 0.25) is 0 Å². The molecule has 1 aromatic rings. The molecule has 0 aliphatic heterocycles. The summed E-state index contributed by atoms with van der Waals surface area (Å²) in [6, 6.07) is 8.01. The number of rotatable bonds is 6. The Balaban J connectivity index is 1.91. The van der Waals surface area contributed by atoms with Gasteiger partial charge in [-0.1, -0.05) is 30.5 Å². The second-order valence-corrected chi connectivity index (χ2v) is 5.29. The Hall–Kier alpha value is -0.730. The molecule has 0 bridgehead atoms. The molecule has 0 spiro atoms. The summed E-state index contributed by atoms with van der Waals surface area (Å²) in [6.45, 7) is 2.12. The minimum Gasteiger partial charge on any atom is -0.489 e. The molecule has 1 aliphatic rings. The predicted molar refractivity (Wildman–Crippen MR) is 71.7 cm³/mol. The second kappa shape index (κ2) is 5.74. The number of likely N-dealkylation sites (N-methyl/N-ethyl adjacent to an activating group) is 1. The van der Waals surface area contributed by atoms with Gasteiger partial charge in [0.15, 0.2) is 0 Å². The fourth-order valence-electron chi connectivity index (χ4n) is 2.09. The first-order valence-electron chi connectivity index (χ1n) is 6.28. The van der Waals surface area contributed by atoms with E-state index in [-0.39, 0.29) is 6.10 Å². The lowest BCUT2D eigenvalue weighted by Crippen LogP contribution is -2.39. The zero-order valence-corrected chi connectivity index (χ0v) is 11.2.